The molecule has 0 fully saturated rings. The molecule has 0 atom stereocenters. The summed E-state index contributed by atoms with van der Waals surface area (Å²) in [5, 5.41) is 0. The minimum Gasteiger partial charge on any atom is -0.344 e. The van der Waals surface area contributed by atoms with E-state index in [2.05, 4.69) is 13.8 Å². The van der Waals surface area contributed by atoms with Crippen molar-refractivity contribution in [1.29, 1.82) is 0 Å². The second-order valence-corrected chi connectivity index (χ2v) is 10.5. The lowest BCUT2D eigenvalue weighted by Crippen LogP contribution is -1.96. The van der Waals surface area contributed by atoms with Gasteiger partial charge in [-0.1, -0.05) is 117 Å². The lowest BCUT2D eigenvalue weighted by molar-refractivity contribution is 0.469. The molecule has 0 saturated heterocycles. The van der Waals surface area contributed by atoms with Crippen LogP contribution in [0, 0.1) is 0 Å². The second-order valence-electron chi connectivity index (χ2n) is 7.95. The monoisotopic (exact) mass is 374 g/mol. The Morgan fingerprint density at radius 3 is 1.00 bits per heavy atom. The first kappa shape index (κ1) is 25.2. The van der Waals surface area contributed by atoms with Crippen LogP contribution >= 0.6 is 7.37 Å². The number of rotatable bonds is 20. The fraction of sp³-hybridized carbons (Fsp3) is 1.00. The van der Waals surface area contributed by atoms with Crippen molar-refractivity contribution in [2.75, 3.05) is 12.3 Å². The average Bonchev–Trinajstić information content (AvgIpc) is 2.59. The summed E-state index contributed by atoms with van der Waals surface area (Å²) in [7, 11) is -2.83. The molecule has 0 aliphatic rings. The van der Waals surface area contributed by atoms with E-state index in [0.29, 0.717) is 12.3 Å². The topological polar surface area (TPSA) is 37.3 Å². The molecular weight excluding hydrogens is 327 g/mol. The zero-order chi connectivity index (χ0) is 18.6. The van der Waals surface area contributed by atoms with Crippen LogP contribution in [-0.2, 0) is 4.57 Å². The molecule has 0 heterocycles. The van der Waals surface area contributed by atoms with E-state index in [0.717, 1.165) is 25.7 Å². The molecule has 1 N–H and O–H groups in total. The van der Waals surface area contributed by atoms with Crippen LogP contribution in [0.2, 0.25) is 0 Å². The Balaban J connectivity index is 3.34. The van der Waals surface area contributed by atoms with Crippen molar-refractivity contribution in [3.63, 3.8) is 0 Å². The Bertz CT molecular complexity index is 278. The van der Waals surface area contributed by atoms with Crippen molar-refractivity contribution in [2.45, 2.75) is 129 Å². The quantitative estimate of drug-likeness (QED) is 0.172. The van der Waals surface area contributed by atoms with E-state index in [1.165, 1.54) is 89.9 Å². The van der Waals surface area contributed by atoms with Crippen molar-refractivity contribution in [1.82, 2.24) is 0 Å². The smallest absolute Gasteiger partial charge is 0.200 e. The summed E-state index contributed by atoms with van der Waals surface area (Å²) < 4.78 is 12.2. The molecule has 0 spiro atoms. The third-order valence-electron chi connectivity index (χ3n) is 5.22. The summed E-state index contributed by atoms with van der Waals surface area (Å²) in [6.45, 7) is 4.50. The Morgan fingerprint density at radius 2 is 0.720 bits per heavy atom. The van der Waals surface area contributed by atoms with Gasteiger partial charge in [0.2, 0.25) is 7.37 Å². The molecule has 0 unspecified atom stereocenters. The zero-order valence-corrected chi connectivity index (χ0v) is 18.3. The molecule has 3 heteroatoms. The fourth-order valence-corrected chi connectivity index (χ4v) is 5.11. The summed E-state index contributed by atoms with van der Waals surface area (Å²) in [6, 6.07) is 0. The van der Waals surface area contributed by atoms with Crippen molar-refractivity contribution < 1.29 is 9.46 Å². The maximum atomic E-state index is 12.2. The predicted octanol–water partition coefficient (Wildman–Crippen LogP) is 8.32. The summed E-state index contributed by atoms with van der Waals surface area (Å²) in [5.41, 5.74) is 0. The number of hydrogen-bond donors (Lipinski definition) is 1. The van der Waals surface area contributed by atoms with E-state index in [9.17, 15) is 9.46 Å². The SMILES string of the molecule is CCCCCCCCCCCP(=O)(O)CCCCCCCCCCC. The molecule has 2 nitrogen and oxygen atoms in total. The van der Waals surface area contributed by atoms with Crippen molar-refractivity contribution in [2.24, 2.45) is 0 Å². The van der Waals surface area contributed by atoms with Crippen molar-refractivity contribution >= 4 is 7.37 Å². The van der Waals surface area contributed by atoms with E-state index in [-0.39, 0.29) is 0 Å². The third-order valence-corrected chi connectivity index (χ3v) is 7.25. The molecule has 0 radical (unpaired) electrons. The highest BCUT2D eigenvalue weighted by molar-refractivity contribution is 7.57. The summed E-state index contributed by atoms with van der Waals surface area (Å²) in [6.07, 6.45) is 23.9. The highest BCUT2D eigenvalue weighted by Crippen LogP contribution is 2.42. The first-order chi connectivity index (χ1) is 12.1. The van der Waals surface area contributed by atoms with Gasteiger partial charge in [0.25, 0.3) is 0 Å². The molecule has 0 aromatic heterocycles. The predicted molar refractivity (Wildman–Crippen MR) is 114 cm³/mol. The van der Waals surface area contributed by atoms with E-state index in [4.69, 9.17) is 0 Å². The molecule has 0 bridgehead atoms. The van der Waals surface area contributed by atoms with Crippen LogP contribution < -0.4 is 0 Å². The van der Waals surface area contributed by atoms with Crippen LogP contribution in [0.25, 0.3) is 0 Å². The molecular formula is C22H47O2P. The normalized spacial score (nSPS) is 12.0. The lowest BCUT2D eigenvalue weighted by Gasteiger charge is -2.11. The van der Waals surface area contributed by atoms with Crippen LogP contribution in [0.15, 0.2) is 0 Å². The number of hydrogen-bond acceptors (Lipinski definition) is 1. The van der Waals surface area contributed by atoms with E-state index < -0.39 is 7.37 Å². The van der Waals surface area contributed by atoms with Gasteiger partial charge >= 0.3 is 0 Å². The lowest BCUT2D eigenvalue weighted by atomic mass is 10.1. The van der Waals surface area contributed by atoms with Gasteiger partial charge in [-0.2, -0.15) is 0 Å². The summed E-state index contributed by atoms with van der Waals surface area (Å²) in [4.78, 5) is 10.1. The van der Waals surface area contributed by atoms with Crippen LogP contribution in [0.1, 0.15) is 129 Å². The summed E-state index contributed by atoms with van der Waals surface area (Å²) >= 11 is 0. The molecule has 0 aliphatic heterocycles. The Labute approximate surface area is 159 Å². The summed E-state index contributed by atoms with van der Waals surface area (Å²) in [5.74, 6) is 0. The van der Waals surface area contributed by atoms with Gasteiger partial charge in [0.05, 0.1) is 0 Å². The van der Waals surface area contributed by atoms with Crippen LogP contribution in [0.5, 0.6) is 0 Å². The van der Waals surface area contributed by atoms with Crippen LogP contribution in [0.4, 0.5) is 0 Å². The van der Waals surface area contributed by atoms with E-state index in [1.54, 1.807) is 0 Å². The molecule has 0 aromatic carbocycles. The minimum absolute atomic E-state index is 0.555. The molecule has 0 rings (SSSR count). The van der Waals surface area contributed by atoms with E-state index >= 15 is 0 Å². The first-order valence-electron chi connectivity index (χ1n) is 11.4. The Hall–Kier alpha value is 0.190. The Kier molecular flexibility index (Phi) is 19.1. The largest absolute Gasteiger partial charge is 0.344 e. The van der Waals surface area contributed by atoms with Gasteiger partial charge in [0, 0.05) is 12.3 Å². The van der Waals surface area contributed by atoms with Crippen molar-refractivity contribution in [3.05, 3.63) is 0 Å². The standard InChI is InChI=1S/C22H47O2P/c1-3-5-7-9-11-13-15-17-19-21-25(23,24)22-20-18-16-14-12-10-8-6-4-2/h3-22H2,1-2H3,(H,23,24). The van der Waals surface area contributed by atoms with Gasteiger partial charge < -0.3 is 4.89 Å². The van der Waals surface area contributed by atoms with Gasteiger partial charge in [-0.05, 0) is 12.8 Å². The van der Waals surface area contributed by atoms with E-state index in [1.807, 2.05) is 0 Å². The zero-order valence-electron chi connectivity index (χ0n) is 17.4. The second kappa shape index (κ2) is 19.0. The van der Waals surface area contributed by atoms with Crippen LogP contribution in [-0.4, -0.2) is 17.2 Å². The highest BCUT2D eigenvalue weighted by atomic mass is 31.2. The molecule has 0 amide bonds. The average molecular weight is 375 g/mol. The molecule has 0 aliphatic carbocycles. The maximum Gasteiger partial charge on any atom is 0.200 e. The van der Waals surface area contributed by atoms with Crippen molar-refractivity contribution in [3.8, 4) is 0 Å². The maximum absolute atomic E-state index is 12.2. The number of unbranched alkanes of at least 4 members (excludes halogenated alkanes) is 16. The highest BCUT2D eigenvalue weighted by Gasteiger charge is 2.16. The van der Waals surface area contributed by atoms with Gasteiger partial charge in [0.15, 0.2) is 0 Å². The Morgan fingerprint density at radius 1 is 0.480 bits per heavy atom. The molecule has 0 saturated carbocycles. The van der Waals surface area contributed by atoms with Gasteiger partial charge in [0.1, 0.15) is 0 Å². The molecule has 0 aromatic rings. The molecule has 25 heavy (non-hydrogen) atoms. The van der Waals surface area contributed by atoms with Gasteiger partial charge in [-0.15, -0.1) is 0 Å². The fourth-order valence-electron chi connectivity index (χ4n) is 3.45. The van der Waals surface area contributed by atoms with Crippen LogP contribution in [0.3, 0.4) is 0 Å². The molecule has 152 valence electrons. The van der Waals surface area contributed by atoms with Gasteiger partial charge in [-0.3, -0.25) is 4.57 Å². The first-order valence-corrected chi connectivity index (χ1v) is 13.5. The van der Waals surface area contributed by atoms with Gasteiger partial charge in [-0.25, -0.2) is 0 Å². The minimum atomic E-state index is -2.83. The third kappa shape index (κ3) is 20.4.